The van der Waals surface area contributed by atoms with E-state index in [2.05, 4.69) is 4.98 Å². The number of anilines is 1. The van der Waals surface area contributed by atoms with Gasteiger partial charge in [0.1, 0.15) is 11.6 Å². The molecule has 0 saturated heterocycles. The lowest BCUT2D eigenvalue weighted by atomic mass is 10.2. The highest BCUT2D eigenvalue weighted by atomic mass is 16.6. The first-order valence-electron chi connectivity index (χ1n) is 5.22. The van der Waals surface area contributed by atoms with Crippen molar-refractivity contribution < 1.29 is 9.66 Å². The summed E-state index contributed by atoms with van der Waals surface area (Å²) in [6, 6.07) is 9.60. The van der Waals surface area contributed by atoms with Gasteiger partial charge in [-0.05, 0) is 19.1 Å². The summed E-state index contributed by atoms with van der Waals surface area (Å²) in [5, 5.41) is 10.8. The predicted molar refractivity (Wildman–Crippen MR) is 66.6 cm³/mol. The van der Waals surface area contributed by atoms with Gasteiger partial charge in [0, 0.05) is 12.1 Å². The van der Waals surface area contributed by atoms with E-state index in [1.165, 1.54) is 6.07 Å². The molecule has 0 saturated carbocycles. The van der Waals surface area contributed by atoms with Crippen molar-refractivity contribution in [3.63, 3.8) is 0 Å². The standard InChI is InChI=1S/C12H11N3O3/c1-8-9(15(16)17)4-2-5-10(8)18-12-7-3-6-11(13)14-12/h2-7H,1H3,(H2,13,14). The van der Waals surface area contributed by atoms with Gasteiger partial charge in [0.2, 0.25) is 5.88 Å². The quantitative estimate of drug-likeness (QED) is 0.663. The van der Waals surface area contributed by atoms with Crippen LogP contribution in [-0.2, 0) is 0 Å². The SMILES string of the molecule is Cc1c(Oc2cccc(N)n2)cccc1[N+](=O)[O-]. The molecule has 2 aromatic rings. The highest BCUT2D eigenvalue weighted by Gasteiger charge is 2.14. The molecule has 1 aromatic carbocycles. The van der Waals surface area contributed by atoms with Crippen molar-refractivity contribution >= 4 is 11.5 Å². The summed E-state index contributed by atoms with van der Waals surface area (Å²) < 4.78 is 5.49. The Kier molecular flexibility index (Phi) is 3.09. The minimum absolute atomic E-state index is 0.0106. The van der Waals surface area contributed by atoms with Crippen molar-refractivity contribution in [1.29, 1.82) is 0 Å². The Bertz CT molecular complexity index is 599. The summed E-state index contributed by atoms with van der Waals surface area (Å²) in [6.45, 7) is 1.62. The Balaban J connectivity index is 2.35. The van der Waals surface area contributed by atoms with Crippen molar-refractivity contribution in [1.82, 2.24) is 4.98 Å². The molecular weight excluding hydrogens is 234 g/mol. The van der Waals surface area contributed by atoms with Gasteiger partial charge >= 0.3 is 0 Å². The number of nitrogens with two attached hydrogens (primary N) is 1. The van der Waals surface area contributed by atoms with Gasteiger partial charge in [-0.25, -0.2) is 0 Å². The van der Waals surface area contributed by atoms with Crippen LogP contribution in [0.15, 0.2) is 36.4 Å². The van der Waals surface area contributed by atoms with Crippen LogP contribution in [0.1, 0.15) is 5.56 Å². The average Bonchev–Trinajstić information content (AvgIpc) is 2.31. The number of benzene rings is 1. The molecule has 2 rings (SSSR count). The molecule has 0 spiro atoms. The summed E-state index contributed by atoms with van der Waals surface area (Å²) in [6.07, 6.45) is 0. The van der Waals surface area contributed by atoms with Crippen molar-refractivity contribution in [3.8, 4) is 11.6 Å². The van der Waals surface area contributed by atoms with Crippen LogP contribution in [0.25, 0.3) is 0 Å². The number of nitro benzene ring substituents is 1. The zero-order valence-electron chi connectivity index (χ0n) is 9.66. The molecule has 1 heterocycles. The minimum Gasteiger partial charge on any atom is -0.438 e. The first kappa shape index (κ1) is 11.8. The molecule has 0 atom stereocenters. The fraction of sp³-hybridized carbons (Fsp3) is 0.0833. The molecule has 0 radical (unpaired) electrons. The first-order chi connectivity index (χ1) is 8.58. The number of hydrogen-bond acceptors (Lipinski definition) is 5. The summed E-state index contributed by atoms with van der Waals surface area (Å²) in [7, 11) is 0. The molecule has 92 valence electrons. The van der Waals surface area contributed by atoms with Gasteiger partial charge in [0.05, 0.1) is 10.5 Å². The maximum absolute atomic E-state index is 10.8. The number of nitrogens with zero attached hydrogens (tertiary/aromatic N) is 2. The molecule has 0 amide bonds. The maximum atomic E-state index is 10.8. The van der Waals surface area contributed by atoms with E-state index in [1.807, 2.05) is 0 Å². The Labute approximate surface area is 103 Å². The molecule has 6 heteroatoms. The number of nitrogen functional groups attached to an aromatic ring is 1. The van der Waals surface area contributed by atoms with Gasteiger partial charge < -0.3 is 10.5 Å². The van der Waals surface area contributed by atoms with E-state index in [0.29, 0.717) is 23.0 Å². The van der Waals surface area contributed by atoms with E-state index in [4.69, 9.17) is 10.5 Å². The van der Waals surface area contributed by atoms with Crippen molar-refractivity contribution in [2.24, 2.45) is 0 Å². The molecule has 0 fully saturated rings. The molecule has 0 aliphatic heterocycles. The molecule has 18 heavy (non-hydrogen) atoms. The number of nitro groups is 1. The normalized spacial score (nSPS) is 10.1. The third-order valence-electron chi connectivity index (χ3n) is 2.41. The topological polar surface area (TPSA) is 91.3 Å². The molecule has 0 aliphatic carbocycles. The third-order valence-corrected chi connectivity index (χ3v) is 2.41. The lowest BCUT2D eigenvalue weighted by Crippen LogP contribution is -1.96. The number of ether oxygens (including phenoxy) is 1. The van der Waals surface area contributed by atoms with Crippen molar-refractivity contribution in [2.75, 3.05) is 5.73 Å². The van der Waals surface area contributed by atoms with Crippen molar-refractivity contribution in [3.05, 3.63) is 52.1 Å². The van der Waals surface area contributed by atoms with Crippen molar-refractivity contribution in [2.45, 2.75) is 6.92 Å². The monoisotopic (exact) mass is 245 g/mol. The fourth-order valence-corrected chi connectivity index (χ4v) is 1.51. The van der Waals surface area contributed by atoms with Crippen LogP contribution < -0.4 is 10.5 Å². The predicted octanol–water partition coefficient (Wildman–Crippen LogP) is 2.67. The highest BCUT2D eigenvalue weighted by Crippen LogP contribution is 2.30. The molecule has 2 N–H and O–H groups in total. The van der Waals surface area contributed by atoms with Crippen LogP contribution in [0.2, 0.25) is 0 Å². The van der Waals surface area contributed by atoms with Crippen LogP contribution in [-0.4, -0.2) is 9.91 Å². The van der Waals surface area contributed by atoms with Crippen LogP contribution in [0, 0.1) is 17.0 Å². The zero-order valence-corrected chi connectivity index (χ0v) is 9.66. The van der Waals surface area contributed by atoms with E-state index < -0.39 is 4.92 Å². The number of hydrogen-bond donors (Lipinski definition) is 1. The second-order valence-electron chi connectivity index (χ2n) is 3.66. The van der Waals surface area contributed by atoms with Gasteiger partial charge in [-0.2, -0.15) is 4.98 Å². The lowest BCUT2D eigenvalue weighted by molar-refractivity contribution is -0.385. The van der Waals surface area contributed by atoms with Crippen LogP contribution in [0.5, 0.6) is 11.6 Å². The summed E-state index contributed by atoms with van der Waals surface area (Å²) >= 11 is 0. The van der Waals surface area contributed by atoms with E-state index in [1.54, 1.807) is 37.3 Å². The van der Waals surface area contributed by atoms with Crippen LogP contribution in [0.3, 0.4) is 0 Å². The van der Waals surface area contributed by atoms with Crippen LogP contribution >= 0.6 is 0 Å². The second kappa shape index (κ2) is 4.70. The molecular formula is C12H11N3O3. The van der Waals surface area contributed by atoms with Gasteiger partial charge in [-0.3, -0.25) is 10.1 Å². The van der Waals surface area contributed by atoms with Gasteiger partial charge in [0.15, 0.2) is 0 Å². The maximum Gasteiger partial charge on any atom is 0.276 e. The van der Waals surface area contributed by atoms with E-state index in [0.717, 1.165) is 0 Å². The van der Waals surface area contributed by atoms with E-state index in [9.17, 15) is 10.1 Å². The van der Waals surface area contributed by atoms with Crippen LogP contribution in [0.4, 0.5) is 11.5 Å². The smallest absolute Gasteiger partial charge is 0.276 e. The summed E-state index contributed by atoms with van der Waals surface area (Å²) in [5.74, 6) is 1.02. The highest BCUT2D eigenvalue weighted by molar-refractivity contribution is 5.49. The zero-order chi connectivity index (χ0) is 13.1. The Morgan fingerprint density at radius 3 is 2.67 bits per heavy atom. The van der Waals surface area contributed by atoms with Gasteiger partial charge in [0.25, 0.3) is 5.69 Å². The second-order valence-corrected chi connectivity index (χ2v) is 3.66. The summed E-state index contributed by atoms with van der Waals surface area (Å²) in [4.78, 5) is 14.3. The Morgan fingerprint density at radius 2 is 2.00 bits per heavy atom. The molecule has 0 unspecified atom stereocenters. The number of rotatable bonds is 3. The first-order valence-corrected chi connectivity index (χ1v) is 5.22. The Morgan fingerprint density at radius 1 is 1.28 bits per heavy atom. The molecule has 6 nitrogen and oxygen atoms in total. The molecule has 0 aliphatic rings. The fourth-order valence-electron chi connectivity index (χ4n) is 1.51. The average molecular weight is 245 g/mol. The number of pyridine rings is 1. The Hall–Kier alpha value is -2.63. The number of aromatic nitrogens is 1. The lowest BCUT2D eigenvalue weighted by Gasteiger charge is -2.08. The van der Waals surface area contributed by atoms with Gasteiger partial charge in [-0.15, -0.1) is 0 Å². The van der Waals surface area contributed by atoms with Gasteiger partial charge in [-0.1, -0.05) is 12.1 Å². The van der Waals surface area contributed by atoms with E-state index >= 15 is 0 Å². The summed E-state index contributed by atoms with van der Waals surface area (Å²) in [5.41, 5.74) is 5.99. The van der Waals surface area contributed by atoms with E-state index in [-0.39, 0.29) is 5.69 Å². The third kappa shape index (κ3) is 2.37. The largest absolute Gasteiger partial charge is 0.438 e. The minimum atomic E-state index is -0.449. The molecule has 0 bridgehead atoms. The molecule has 1 aromatic heterocycles.